The molecule has 1 aliphatic heterocycles. The summed E-state index contributed by atoms with van der Waals surface area (Å²) >= 11 is 1.54. The molecule has 2 rings (SSSR count). The first-order chi connectivity index (χ1) is 8.66. The topological polar surface area (TPSA) is 23.5 Å². The SMILES string of the molecule is CC1CCN(CCSc2ccccc2F)CC1O. The number of hydrogen-bond acceptors (Lipinski definition) is 3. The van der Waals surface area contributed by atoms with E-state index in [2.05, 4.69) is 11.8 Å². The maximum atomic E-state index is 13.4. The number of likely N-dealkylation sites (tertiary alicyclic amines) is 1. The van der Waals surface area contributed by atoms with Gasteiger partial charge in [0.1, 0.15) is 5.82 Å². The number of nitrogens with zero attached hydrogens (tertiary/aromatic N) is 1. The van der Waals surface area contributed by atoms with Crippen LogP contribution in [0, 0.1) is 11.7 Å². The van der Waals surface area contributed by atoms with E-state index in [4.69, 9.17) is 0 Å². The molecule has 1 saturated heterocycles. The van der Waals surface area contributed by atoms with Crippen molar-refractivity contribution in [3.63, 3.8) is 0 Å². The number of β-amino-alcohol motifs (C(OH)–C–C–N with tert-alkyl or cyclic N) is 1. The number of aliphatic hydroxyl groups is 1. The molecule has 0 radical (unpaired) electrons. The molecule has 0 aromatic heterocycles. The monoisotopic (exact) mass is 269 g/mol. The molecule has 2 nitrogen and oxygen atoms in total. The van der Waals surface area contributed by atoms with Crippen LogP contribution >= 0.6 is 11.8 Å². The summed E-state index contributed by atoms with van der Waals surface area (Å²) in [7, 11) is 0. The Kier molecular flexibility index (Phi) is 5.03. The van der Waals surface area contributed by atoms with Crippen molar-refractivity contribution in [2.24, 2.45) is 5.92 Å². The molecular formula is C14H20FNOS. The van der Waals surface area contributed by atoms with Crippen molar-refractivity contribution >= 4 is 11.8 Å². The predicted molar refractivity (Wildman–Crippen MR) is 73.4 cm³/mol. The van der Waals surface area contributed by atoms with Gasteiger partial charge < -0.3 is 5.11 Å². The van der Waals surface area contributed by atoms with Crippen LogP contribution in [0.2, 0.25) is 0 Å². The minimum Gasteiger partial charge on any atom is -0.392 e. The Balaban J connectivity index is 1.74. The van der Waals surface area contributed by atoms with E-state index < -0.39 is 0 Å². The number of thioether (sulfide) groups is 1. The average Bonchev–Trinajstić information content (AvgIpc) is 2.36. The van der Waals surface area contributed by atoms with E-state index in [0.717, 1.165) is 31.8 Å². The summed E-state index contributed by atoms with van der Waals surface area (Å²) < 4.78 is 13.4. The zero-order chi connectivity index (χ0) is 13.0. The fourth-order valence-electron chi connectivity index (χ4n) is 2.16. The Bertz CT molecular complexity index is 388. The normalized spacial score (nSPS) is 25.3. The maximum Gasteiger partial charge on any atom is 0.136 e. The van der Waals surface area contributed by atoms with Crippen LogP contribution in [0.25, 0.3) is 0 Å². The van der Waals surface area contributed by atoms with Crippen molar-refractivity contribution in [3.8, 4) is 0 Å². The van der Waals surface area contributed by atoms with Crippen molar-refractivity contribution in [1.82, 2.24) is 4.90 Å². The van der Waals surface area contributed by atoms with Gasteiger partial charge in [-0.25, -0.2) is 4.39 Å². The van der Waals surface area contributed by atoms with Gasteiger partial charge in [0.2, 0.25) is 0 Å². The van der Waals surface area contributed by atoms with Crippen LogP contribution in [-0.2, 0) is 0 Å². The largest absolute Gasteiger partial charge is 0.392 e. The van der Waals surface area contributed by atoms with Crippen LogP contribution in [0.4, 0.5) is 4.39 Å². The summed E-state index contributed by atoms with van der Waals surface area (Å²) in [6, 6.07) is 6.88. The molecule has 2 atom stereocenters. The van der Waals surface area contributed by atoms with E-state index in [1.165, 1.54) is 6.07 Å². The van der Waals surface area contributed by atoms with E-state index in [-0.39, 0.29) is 11.9 Å². The van der Waals surface area contributed by atoms with E-state index in [1.807, 2.05) is 12.1 Å². The molecule has 1 N–H and O–H groups in total. The molecule has 1 aromatic rings. The molecule has 2 unspecified atom stereocenters. The van der Waals surface area contributed by atoms with Gasteiger partial charge in [0, 0.05) is 23.7 Å². The standard InChI is InChI=1S/C14H20FNOS/c1-11-6-7-16(10-13(11)17)8-9-18-14-5-3-2-4-12(14)15/h2-5,11,13,17H,6-10H2,1H3. The first-order valence-electron chi connectivity index (χ1n) is 6.44. The lowest BCUT2D eigenvalue weighted by atomic mass is 9.96. The van der Waals surface area contributed by atoms with Crippen LogP contribution in [0.1, 0.15) is 13.3 Å². The molecule has 4 heteroatoms. The quantitative estimate of drug-likeness (QED) is 0.850. The molecule has 1 aliphatic rings. The molecule has 18 heavy (non-hydrogen) atoms. The van der Waals surface area contributed by atoms with E-state index in [0.29, 0.717) is 10.8 Å². The van der Waals surface area contributed by atoms with Gasteiger partial charge >= 0.3 is 0 Å². The second-order valence-electron chi connectivity index (χ2n) is 4.91. The second-order valence-corrected chi connectivity index (χ2v) is 6.05. The number of halogens is 1. The van der Waals surface area contributed by atoms with Gasteiger partial charge in [-0.1, -0.05) is 19.1 Å². The summed E-state index contributed by atoms with van der Waals surface area (Å²) in [5, 5.41) is 9.80. The summed E-state index contributed by atoms with van der Waals surface area (Å²) in [5.74, 6) is 1.12. The molecule has 1 aromatic carbocycles. The van der Waals surface area contributed by atoms with Crippen molar-refractivity contribution in [1.29, 1.82) is 0 Å². The van der Waals surface area contributed by atoms with Crippen molar-refractivity contribution < 1.29 is 9.50 Å². The number of aliphatic hydroxyl groups excluding tert-OH is 1. The Morgan fingerprint density at radius 2 is 2.22 bits per heavy atom. The summed E-state index contributed by atoms with van der Waals surface area (Å²) in [6.45, 7) is 4.79. The highest BCUT2D eigenvalue weighted by Crippen LogP contribution is 2.22. The van der Waals surface area contributed by atoms with E-state index in [9.17, 15) is 9.50 Å². The Labute approximate surface area is 112 Å². The van der Waals surface area contributed by atoms with Gasteiger partial charge in [-0.05, 0) is 31.0 Å². The van der Waals surface area contributed by atoms with Crippen LogP contribution in [0.5, 0.6) is 0 Å². The lowest BCUT2D eigenvalue weighted by Gasteiger charge is -2.34. The Hall–Kier alpha value is -0.580. The molecule has 0 spiro atoms. The summed E-state index contributed by atoms with van der Waals surface area (Å²) in [5.41, 5.74) is 0. The van der Waals surface area contributed by atoms with Gasteiger partial charge in [0.25, 0.3) is 0 Å². The Morgan fingerprint density at radius 3 is 2.94 bits per heavy atom. The third kappa shape index (κ3) is 3.70. The van der Waals surface area contributed by atoms with Gasteiger partial charge in [0.15, 0.2) is 0 Å². The number of benzene rings is 1. The smallest absolute Gasteiger partial charge is 0.136 e. The molecule has 1 heterocycles. The van der Waals surface area contributed by atoms with Crippen LogP contribution < -0.4 is 0 Å². The van der Waals surface area contributed by atoms with Crippen LogP contribution in [-0.4, -0.2) is 41.5 Å². The van der Waals surface area contributed by atoms with Gasteiger partial charge in [-0.2, -0.15) is 0 Å². The minimum absolute atomic E-state index is 0.144. The molecule has 0 saturated carbocycles. The first kappa shape index (κ1) is 13.8. The zero-order valence-electron chi connectivity index (χ0n) is 10.7. The van der Waals surface area contributed by atoms with E-state index in [1.54, 1.807) is 17.8 Å². The molecule has 100 valence electrons. The van der Waals surface area contributed by atoms with Crippen molar-refractivity contribution in [2.75, 3.05) is 25.4 Å². The third-order valence-corrected chi connectivity index (χ3v) is 4.53. The van der Waals surface area contributed by atoms with Gasteiger partial charge in [0.05, 0.1) is 6.10 Å². The highest BCUT2D eigenvalue weighted by atomic mass is 32.2. The second kappa shape index (κ2) is 6.55. The summed E-state index contributed by atoms with van der Waals surface area (Å²) in [4.78, 5) is 2.97. The molecule has 0 amide bonds. The number of hydrogen-bond donors (Lipinski definition) is 1. The molecule has 1 fully saturated rings. The zero-order valence-corrected chi connectivity index (χ0v) is 11.5. The fraction of sp³-hybridized carbons (Fsp3) is 0.571. The van der Waals surface area contributed by atoms with Gasteiger partial charge in [-0.3, -0.25) is 4.90 Å². The van der Waals surface area contributed by atoms with Crippen molar-refractivity contribution in [3.05, 3.63) is 30.1 Å². The van der Waals surface area contributed by atoms with Gasteiger partial charge in [-0.15, -0.1) is 11.8 Å². The lowest BCUT2D eigenvalue weighted by molar-refractivity contribution is 0.0320. The lowest BCUT2D eigenvalue weighted by Crippen LogP contribution is -2.43. The predicted octanol–water partition coefficient (Wildman–Crippen LogP) is 2.62. The first-order valence-corrected chi connectivity index (χ1v) is 7.43. The number of rotatable bonds is 4. The highest BCUT2D eigenvalue weighted by Gasteiger charge is 2.23. The molecular weight excluding hydrogens is 249 g/mol. The van der Waals surface area contributed by atoms with Crippen LogP contribution in [0.3, 0.4) is 0 Å². The minimum atomic E-state index is -0.211. The molecule has 0 aliphatic carbocycles. The fourth-order valence-corrected chi connectivity index (χ4v) is 3.11. The maximum absolute atomic E-state index is 13.4. The van der Waals surface area contributed by atoms with Crippen molar-refractivity contribution in [2.45, 2.75) is 24.3 Å². The van der Waals surface area contributed by atoms with Crippen LogP contribution in [0.15, 0.2) is 29.2 Å². The highest BCUT2D eigenvalue weighted by molar-refractivity contribution is 7.99. The average molecular weight is 269 g/mol. The number of piperidine rings is 1. The molecule has 0 bridgehead atoms. The Morgan fingerprint density at radius 1 is 1.44 bits per heavy atom. The third-order valence-electron chi connectivity index (χ3n) is 3.50. The van der Waals surface area contributed by atoms with E-state index >= 15 is 0 Å². The summed E-state index contributed by atoms with van der Waals surface area (Å²) in [6.07, 6.45) is 0.836.